The zero-order chi connectivity index (χ0) is 14.5. The molecule has 1 aromatic heterocycles. The molecule has 0 fully saturated rings. The summed E-state index contributed by atoms with van der Waals surface area (Å²) in [7, 11) is 0. The Labute approximate surface area is 127 Å². The fourth-order valence-corrected chi connectivity index (χ4v) is 2.51. The largest absolute Gasteiger partial charge is 0.453 e. The monoisotopic (exact) mass is 339 g/mol. The first-order valence-electron chi connectivity index (χ1n) is 6.83. The van der Waals surface area contributed by atoms with Crippen LogP contribution in [0.4, 0.5) is 4.39 Å². The molecule has 2 rings (SSSR count). The van der Waals surface area contributed by atoms with Crippen molar-refractivity contribution in [3.8, 4) is 0 Å². The van der Waals surface area contributed by atoms with Crippen molar-refractivity contribution >= 4 is 15.9 Å². The molecule has 1 unspecified atom stereocenters. The van der Waals surface area contributed by atoms with Gasteiger partial charge in [0.1, 0.15) is 11.6 Å². The number of nitrogens with one attached hydrogen (secondary N) is 1. The van der Waals surface area contributed by atoms with E-state index in [0.717, 1.165) is 29.9 Å². The van der Waals surface area contributed by atoms with E-state index in [-0.39, 0.29) is 11.9 Å². The number of hydrogen-bond donors (Lipinski definition) is 1. The van der Waals surface area contributed by atoms with E-state index in [4.69, 9.17) is 4.42 Å². The summed E-state index contributed by atoms with van der Waals surface area (Å²) in [6.45, 7) is 5.02. The van der Waals surface area contributed by atoms with Gasteiger partial charge in [0.15, 0.2) is 4.67 Å². The summed E-state index contributed by atoms with van der Waals surface area (Å²) in [5.74, 6) is 0.675. The van der Waals surface area contributed by atoms with Crippen LogP contribution >= 0.6 is 15.9 Å². The quantitative estimate of drug-likeness (QED) is 0.819. The molecule has 0 spiro atoms. The normalized spacial score (nSPS) is 12.6. The molecule has 1 heterocycles. The highest BCUT2D eigenvalue weighted by Gasteiger charge is 2.16. The van der Waals surface area contributed by atoms with Crippen LogP contribution in [0.3, 0.4) is 0 Å². The van der Waals surface area contributed by atoms with Crippen molar-refractivity contribution in [2.24, 2.45) is 0 Å². The van der Waals surface area contributed by atoms with Crippen molar-refractivity contribution in [3.63, 3.8) is 0 Å². The van der Waals surface area contributed by atoms with E-state index in [9.17, 15) is 4.39 Å². The van der Waals surface area contributed by atoms with E-state index < -0.39 is 0 Å². The van der Waals surface area contributed by atoms with Crippen molar-refractivity contribution in [3.05, 3.63) is 57.7 Å². The Balaban J connectivity index is 2.21. The van der Waals surface area contributed by atoms with Gasteiger partial charge in [-0.05, 0) is 77.6 Å². The molecule has 0 bridgehead atoms. The Bertz CT molecular complexity index is 567. The molecule has 0 aliphatic carbocycles. The summed E-state index contributed by atoms with van der Waals surface area (Å²) >= 11 is 3.33. The maximum absolute atomic E-state index is 13.4. The Kier molecular flexibility index (Phi) is 5.38. The van der Waals surface area contributed by atoms with Crippen LogP contribution in [0.5, 0.6) is 0 Å². The first-order chi connectivity index (χ1) is 9.60. The summed E-state index contributed by atoms with van der Waals surface area (Å²) in [6.07, 6.45) is 1.75. The second-order valence-corrected chi connectivity index (χ2v) is 5.71. The summed E-state index contributed by atoms with van der Waals surface area (Å²) in [6, 6.07) is 8.81. The molecule has 0 saturated carbocycles. The lowest BCUT2D eigenvalue weighted by atomic mass is 9.99. The van der Waals surface area contributed by atoms with E-state index in [1.165, 1.54) is 6.07 Å². The minimum atomic E-state index is -0.194. The minimum absolute atomic E-state index is 0.0572. The number of hydrogen-bond acceptors (Lipinski definition) is 2. The minimum Gasteiger partial charge on any atom is -0.453 e. The Morgan fingerprint density at radius 2 is 2.10 bits per heavy atom. The van der Waals surface area contributed by atoms with Gasteiger partial charge in [-0.3, -0.25) is 0 Å². The average molecular weight is 340 g/mol. The van der Waals surface area contributed by atoms with E-state index in [1.807, 2.05) is 25.1 Å². The molecule has 1 atom stereocenters. The number of rotatable bonds is 6. The van der Waals surface area contributed by atoms with Crippen LogP contribution in [0.15, 0.2) is 39.4 Å². The van der Waals surface area contributed by atoms with Crippen molar-refractivity contribution in [2.45, 2.75) is 32.7 Å². The highest BCUT2D eigenvalue weighted by molar-refractivity contribution is 9.10. The molecule has 0 amide bonds. The van der Waals surface area contributed by atoms with Crippen molar-refractivity contribution < 1.29 is 8.81 Å². The van der Waals surface area contributed by atoms with Gasteiger partial charge in [-0.25, -0.2) is 4.39 Å². The third kappa shape index (κ3) is 3.93. The number of halogens is 2. The molecule has 0 radical (unpaired) electrons. The Morgan fingerprint density at radius 1 is 1.30 bits per heavy atom. The average Bonchev–Trinajstić information content (AvgIpc) is 2.85. The van der Waals surface area contributed by atoms with Crippen LogP contribution in [0.25, 0.3) is 0 Å². The van der Waals surface area contributed by atoms with Crippen molar-refractivity contribution in [1.29, 1.82) is 0 Å². The molecule has 0 aliphatic heterocycles. The summed E-state index contributed by atoms with van der Waals surface area (Å²) < 4.78 is 19.8. The number of aryl methyl sites for hydroxylation is 1. The zero-order valence-corrected chi connectivity index (χ0v) is 13.3. The van der Waals surface area contributed by atoms with E-state index in [0.29, 0.717) is 11.1 Å². The zero-order valence-electron chi connectivity index (χ0n) is 11.7. The van der Waals surface area contributed by atoms with Crippen LogP contribution in [0, 0.1) is 12.7 Å². The van der Waals surface area contributed by atoms with Gasteiger partial charge in [-0.2, -0.15) is 0 Å². The lowest BCUT2D eigenvalue weighted by Gasteiger charge is -2.17. The Hall–Kier alpha value is -1.13. The van der Waals surface area contributed by atoms with E-state index >= 15 is 0 Å². The predicted molar refractivity (Wildman–Crippen MR) is 82.3 cm³/mol. The lowest BCUT2D eigenvalue weighted by Crippen LogP contribution is -2.24. The van der Waals surface area contributed by atoms with Crippen LogP contribution in [-0.4, -0.2) is 6.54 Å². The second-order valence-electron chi connectivity index (χ2n) is 4.92. The molecule has 1 N–H and O–H groups in total. The van der Waals surface area contributed by atoms with Crippen molar-refractivity contribution in [1.82, 2.24) is 5.32 Å². The fraction of sp³-hybridized carbons (Fsp3) is 0.375. The van der Waals surface area contributed by atoms with Crippen molar-refractivity contribution in [2.75, 3.05) is 6.54 Å². The molecule has 1 aromatic carbocycles. The number of furan rings is 1. The van der Waals surface area contributed by atoms with Gasteiger partial charge in [0.2, 0.25) is 0 Å². The molecule has 0 aliphatic rings. The maximum atomic E-state index is 13.4. The second kappa shape index (κ2) is 7.04. The van der Waals surface area contributed by atoms with Crippen LogP contribution in [-0.2, 0) is 6.42 Å². The third-order valence-corrected chi connectivity index (χ3v) is 3.74. The van der Waals surface area contributed by atoms with Crippen LogP contribution in [0.1, 0.15) is 36.3 Å². The Morgan fingerprint density at radius 3 is 2.75 bits per heavy atom. The van der Waals surface area contributed by atoms with Crippen LogP contribution in [0.2, 0.25) is 0 Å². The molecule has 2 aromatic rings. The summed E-state index contributed by atoms with van der Waals surface area (Å²) in [5.41, 5.74) is 2.10. The number of benzene rings is 1. The highest BCUT2D eigenvalue weighted by Crippen LogP contribution is 2.25. The molecule has 108 valence electrons. The highest BCUT2D eigenvalue weighted by atomic mass is 79.9. The smallest absolute Gasteiger partial charge is 0.169 e. The molecular formula is C16H19BrFNO. The summed E-state index contributed by atoms with van der Waals surface area (Å²) in [5, 5.41) is 3.46. The third-order valence-electron chi connectivity index (χ3n) is 3.31. The van der Waals surface area contributed by atoms with Gasteiger partial charge < -0.3 is 9.73 Å². The molecule has 2 nitrogen and oxygen atoms in total. The van der Waals surface area contributed by atoms with Gasteiger partial charge in [0.25, 0.3) is 0 Å². The first-order valence-corrected chi connectivity index (χ1v) is 7.63. The lowest BCUT2D eigenvalue weighted by molar-refractivity contribution is 0.399. The SMILES string of the molecule is CCCNC(Cc1cc(F)ccc1C)c1ccc(Br)o1. The van der Waals surface area contributed by atoms with Gasteiger partial charge in [-0.1, -0.05) is 13.0 Å². The molecule has 20 heavy (non-hydrogen) atoms. The van der Waals surface area contributed by atoms with Gasteiger partial charge in [-0.15, -0.1) is 0 Å². The van der Waals surface area contributed by atoms with E-state index in [1.54, 1.807) is 6.07 Å². The predicted octanol–water partition coefficient (Wildman–Crippen LogP) is 4.77. The maximum Gasteiger partial charge on any atom is 0.169 e. The fourth-order valence-electron chi connectivity index (χ4n) is 2.19. The van der Waals surface area contributed by atoms with E-state index in [2.05, 4.69) is 28.2 Å². The molecular weight excluding hydrogens is 321 g/mol. The van der Waals surface area contributed by atoms with Gasteiger partial charge in [0.05, 0.1) is 6.04 Å². The standard InChI is InChI=1S/C16H19BrFNO/c1-3-8-19-14(15-6-7-16(17)20-15)10-12-9-13(18)5-4-11(12)2/h4-7,9,14,19H,3,8,10H2,1-2H3. The summed E-state index contributed by atoms with van der Waals surface area (Å²) in [4.78, 5) is 0. The topological polar surface area (TPSA) is 25.2 Å². The van der Waals surface area contributed by atoms with Gasteiger partial charge in [0, 0.05) is 0 Å². The molecule has 4 heteroatoms. The first kappa shape index (κ1) is 15.3. The van der Waals surface area contributed by atoms with Crippen LogP contribution < -0.4 is 5.32 Å². The molecule has 0 saturated heterocycles. The van der Waals surface area contributed by atoms with Gasteiger partial charge >= 0.3 is 0 Å².